The molecule has 0 bridgehead atoms. The van der Waals surface area contributed by atoms with Gasteiger partial charge < -0.3 is 5.32 Å². The SMILES string of the molecule is O=C(Cn1cnn2c(Cl)ccc2c1=O)NC(c1ccccc1)C1CC1. The molecule has 0 aliphatic heterocycles. The summed E-state index contributed by atoms with van der Waals surface area (Å²) in [5, 5.41) is 7.53. The first-order valence-electron chi connectivity index (χ1n) is 8.20. The van der Waals surface area contributed by atoms with E-state index in [0.29, 0.717) is 16.6 Å². The number of amides is 1. The van der Waals surface area contributed by atoms with Crippen LogP contribution in [0.25, 0.3) is 5.52 Å². The van der Waals surface area contributed by atoms with Gasteiger partial charge in [-0.2, -0.15) is 5.10 Å². The van der Waals surface area contributed by atoms with E-state index in [1.807, 2.05) is 30.3 Å². The first kappa shape index (κ1) is 15.9. The van der Waals surface area contributed by atoms with Crippen LogP contribution in [0.1, 0.15) is 24.4 Å². The highest BCUT2D eigenvalue weighted by Crippen LogP contribution is 2.40. The van der Waals surface area contributed by atoms with Crippen LogP contribution >= 0.6 is 11.6 Å². The van der Waals surface area contributed by atoms with Crippen LogP contribution in [0, 0.1) is 5.92 Å². The van der Waals surface area contributed by atoms with Crippen molar-refractivity contribution >= 4 is 23.0 Å². The monoisotopic (exact) mass is 356 g/mol. The predicted octanol–water partition coefficient (Wildman–Crippen LogP) is 2.42. The largest absolute Gasteiger partial charge is 0.347 e. The van der Waals surface area contributed by atoms with Crippen molar-refractivity contribution in [2.75, 3.05) is 0 Å². The maximum absolute atomic E-state index is 12.5. The minimum Gasteiger partial charge on any atom is -0.347 e. The Bertz CT molecular complexity index is 976. The van der Waals surface area contributed by atoms with Crippen molar-refractivity contribution in [2.45, 2.75) is 25.4 Å². The number of halogens is 1. The summed E-state index contributed by atoms with van der Waals surface area (Å²) in [6, 6.07) is 13.1. The molecule has 4 rings (SSSR count). The minimum atomic E-state index is -0.292. The zero-order chi connectivity index (χ0) is 17.4. The van der Waals surface area contributed by atoms with Crippen molar-refractivity contribution < 1.29 is 4.79 Å². The van der Waals surface area contributed by atoms with Gasteiger partial charge in [0.05, 0.1) is 6.04 Å². The van der Waals surface area contributed by atoms with Gasteiger partial charge >= 0.3 is 0 Å². The summed E-state index contributed by atoms with van der Waals surface area (Å²) >= 11 is 5.95. The highest BCUT2D eigenvalue weighted by Gasteiger charge is 2.33. The Balaban J connectivity index is 1.54. The van der Waals surface area contributed by atoms with E-state index in [2.05, 4.69) is 10.4 Å². The van der Waals surface area contributed by atoms with Gasteiger partial charge in [-0.3, -0.25) is 14.2 Å². The summed E-state index contributed by atoms with van der Waals surface area (Å²) in [7, 11) is 0. The Kier molecular flexibility index (Phi) is 4.05. The van der Waals surface area contributed by atoms with Crippen LogP contribution in [0.5, 0.6) is 0 Å². The number of benzene rings is 1. The highest BCUT2D eigenvalue weighted by molar-refractivity contribution is 6.29. The molecule has 1 atom stereocenters. The van der Waals surface area contributed by atoms with Crippen LogP contribution in [-0.4, -0.2) is 20.1 Å². The zero-order valence-electron chi connectivity index (χ0n) is 13.4. The Hall–Kier alpha value is -2.60. The fourth-order valence-electron chi connectivity index (χ4n) is 3.05. The standard InChI is InChI=1S/C18H17ClN4O2/c19-15-9-8-14-18(25)22(11-20-23(14)15)10-16(24)21-17(13-6-7-13)12-4-2-1-3-5-12/h1-5,8-9,11,13,17H,6-7,10H2,(H,21,24). The Labute approximate surface area is 149 Å². The molecular weight excluding hydrogens is 340 g/mol. The number of aromatic nitrogens is 3. The first-order chi connectivity index (χ1) is 12.1. The number of nitrogens with one attached hydrogen (secondary N) is 1. The molecule has 7 heteroatoms. The summed E-state index contributed by atoms with van der Waals surface area (Å²) in [6.07, 6.45) is 3.56. The van der Waals surface area contributed by atoms with E-state index in [9.17, 15) is 9.59 Å². The quantitative estimate of drug-likeness (QED) is 0.763. The molecule has 1 aliphatic rings. The van der Waals surface area contributed by atoms with E-state index in [1.165, 1.54) is 15.4 Å². The van der Waals surface area contributed by atoms with Crippen molar-refractivity contribution in [2.24, 2.45) is 5.92 Å². The highest BCUT2D eigenvalue weighted by atomic mass is 35.5. The topological polar surface area (TPSA) is 68.4 Å². The van der Waals surface area contributed by atoms with Crippen LogP contribution < -0.4 is 10.9 Å². The number of carbonyl (C=O) groups is 1. The lowest BCUT2D eigenvalue weighted by Crippen LogP contribution is -2.36. The Morgan fingerprint density at radius 3 is 2.72 bits per heavy atom. The number of fused-ring (bicyclic) bond motifs is 1. The van der Waals surface area contributed by atoms with Gasteiger partial charge in [0.1, 0.15) is 23.5 Å². The lowest BCUT2D eigenvalue weighted by Gasteiger charge is -2.19. The summed E-state index contributed by atoms with van der Waals surface area (Å²) < 4.78 is 2.66. The van der Waals surface area contributed by atoms with Crippen molar-refractivity contribution in [3.05, 3.63) is 69.9 Å². The maximum atomic E-state index is 12.5. The number of hydrogen-bond acceptors (Lipinski definition) is 3. The van der Waals surface area contributed by atoms with Crippen molar-refractivity contribution in [3.63, 3.8) is 0 Å². The number of nitrogens with zero attached hydrogens (tertiary/aromatic N) is 3. The van der Waals surface area contributed by atoms with Gasteiger partial charge in [-0.25, -0.2) is 4.52 Å². The first-order valence-corrected chi connectivity index (χ1v) is 8.58. The molecule has 0 radical (unpaired) electrons. The van der Waals surface area contributed by atoms with E-state index in [-0.39, 0.29) is 24.1 Å². The Morgan fingerprint density at radius 1 is 1.24 bits per heavy atom. The van der Waals surface area contributed by atoms with Gasteiger partial charge in [0.2, 0.25) is 5.91 Å². The van der Waals surface area contributed by atoms with Crippen LogP contribution in [0.15, 0.2) is 53.6 Å². The minimum absolute atomic E-state index is 0.0103. The van der Waals surface area contributed by atoms with Gasteiger partial charge in [-0.15, -0.1) is 0 Å². The lowest BCUT2D eigenvalue weighted by molar-refractivity contribution is -0.122. The van der Waals surface area contributed by atoms with Gasteiger partial charge in [0.15, 0.2) is 0 Å². The second kappa shape index (κ2) is 6.37. The molecule has 0 spiro atoms. The maximum Gasteiger partial charge on any atom is 0.278 e. The molecule has 0 saturated heterocycles. The second-order valence-corrected chi connectivity index (χ2v) is 6.70. The average molecular weight is 357 g/mol. The van der Waals surface area contributed by atoms with Crippen LogP contribution in [0.2, 0.25) is 5.15 Å². The van der Waals surface area contributed by atoms with Crippen molar-refractivity contribution in [1.29, 1.82) is 0 Å². The molecule has 6 nitrogen and oxygen atoms in total. The molecule has 1 amide bonds. The number of carbonyl (C=O) groups excluding carboxylic acids is 1. The van der Waals surface area contributed by atoms with Gasteiger partial charge in [-0.1, -0.05) is 41.9 Å². The third kappa shape index (κ3) is 3.17. The summed E-state index contributed by atoms with van der Waals surface area (Å²) in [5.74, 6) is 0.264. The van der Waals surface area contributed by atoms with Crippen LogP contribution in [0.4, 0.5) is 0 Å². The molecule has 1 fully saturated rings. The zero-order valence-corrected chi connectivity index (χ0v) is 14.2. The molecule has 128 valence electrons. The van der Waals surface area contributed by atoms with Gasteiger partial charge in [-0.05, 0) is 36.5 Å². The van der Waals surface area contributed by atoms with E-state index >= 15 is 0 Å². The summed E-state index contributed by atoms with van der Waals surface area (Å²) in [6.45, 7) is -0.0683. The number of hydrogen-bond donors (Lipinski definition) is 1. The molecular formula is C18H17ClN4O2. The lowest BCUT2D eigenvalue weighted by atomic mass is 10.0. The average Bonchev–Trinajstić information content (AvgIpc) is 3.39. The number of rotatable bonds is 5. The Morgan fingerprint density at radius 2 is 2.00 bits per heavy atom. The smallest absolute Gasteiger partial charge is 0.278 e. The normalized spacial score (nSPS) is 15.2. The van der Waals surface area contributed by atoms with E-state index in [1.54, 1.807) is 12.1 Å². The molecule has 1 aromatic carbocycles. The van der Waals surface area contributed by atoms with Crippen molar-refractivity contribution in [3.8, 4) is 0 Å². The van der Waals surface area contributed by atoms with Gasteiger partial charge in [0, 0.05) is 0 Å². The fraction of sp³-hybridized carbons (Fsp3) is 0.278. The van der Waals surface area contributed by atoms with Crippen molar-refractivity contribution in [1.82, 2.24) is 19.5 Å². The molecule has 2 aromatic heterocycles. The van der Waals surface area contributed by atoms with Gasteiger partial charge in [0.25, 0.3) is 5.56 Å². The third-order valence-electron chi connectivity index (χ3n) is 4.48. The molecule has 1 saturated carbocycles. The third-order valence-corrected chi connectivity index (χ3v) is 4.76. The summed E-state index contributed by atoms with van der Waals surface area (Å²) in [4.78, 5) is 24.9. The molecule has 2 heterocycles. The molecule has 1 aliphatic carbocycles. The fourth-order valence-corrected chi connectivity index (χ4v) is 3.24. The molecule has 3 aromatic rings. The van der Waals surface area contributed by atoms with Crippen LogP contribution in [-0.2, 0) is 11.3 Å². The van der Waals surface area contributed by atoms with E-state index in [0.717, 1.165) is 18.4 Å². The molecule has 1 unspecified atom stereocenters. The van der Waals surface area contributed by atoms with E-state index < -0.39 is 0 Å². The summed E-state index contributed by atoms with van der Waals surface area (Å²) in [5.41, 5.74) is 1.15. The van der Waals surface area contributed by atoms with Crippen LogP contribution in [0.3, 0.4) is 0 Å². The predicted molar refractivity (Wildman–Crippen MR) is 94.5 cm³/mol. The second-order valence-electron chi connectivity index (χ2n) is 6.31. The molecule has 25 heavy (non-hydrogen) atoms. The van der Waals surface area contributed by atoms with E-state index in [4.69, 9.17) is 11.6 Å². The molecule has 1 N–H and O–H groups in total.